The number of aryl methyl sites for hydroxylation is 1. The van der Waals surface area contributed by atoms with Gasteiger partial charge in [-0.1, -0.05) is 12.1 Å². The van der Waals surface area contributed by atoms with Crippen LogP contribution in [0.2, 0.25) is 0 Å². The minimum absolute atomic E-state index is 0.379. The van der Waals surface area contributed by atoms with Gasteiger partial charge in [0.05, 0.1) is 12.5 Å². The standard InChI is InChI=1S/C17H12O4/c1-9-4-3-5-12-15(9)21-17(18)14-11-7-6-10(19-2)8-13(11)20-16(12)14/h3-8H,1-2H3. The Morgan fingerprint density at radius 3 is 2.67 bits per heavy atom. The lowest BCUT2D eigenvalue weighted by atomic mass is 10.1. The van der Waals surface area contributed by atoms with E-state index in [1.54, 1.807) is 19.2 Å². The van der Waals surface area contributed by atoms with Crippen LogP contribution in [0, 0.1) is 6.92 Å². The van der Waals surface area contributed by atoms with Crippen LogP contribution >= 0.6 is 0 Å². The molecule has 104 valence electrons. The molecule has 0 bridgehead atoms. The number of furan rings is 1. The summed E-state index contributed by atoms with van der Waals surface area (Å²) in [6.45, 7) is 1.91. The Morgan fingerprint density at radius 2 is 1.86 bits per heavy atom. The molecule has 0 aliphatic rings. The van der Waals surface area contributed by atoms with Crippen LogP contribution in [0.4, 0.5) is 0 Å². The highest BCUT2D eigenvalue weighted by molar-refractivity contribution is 6.13. The minimum Gasteiger partial charge on any atom is -0.497 e. The monoisotopic (exact) mass is 280 g/mol. The zero-order chi connectivity index (χ0) is 14.6. The van der Waals surface area contributed by atoms with E-state index in [1.165, 1.54) is 0 Å². The summed E-state index contributed by atoms with van der Waals surface area (Å²) in [5.74, 6) is 0.687. The lowest BCUT2D eigenvalue weighted by Gasteiger charge is -1.99. The molecule has 4 heteroatoms. The lowest BCUT2D eigenvalue weighted by Crippen LogP contribution is -1.99. The maximum atomic E-state index is 12.3. The highest BCUT2D eigenvalue weighted by atomic mass is 16.5. The van der Waals surface area contributed by atoms with Gasteiger partial charge in [0.1, 0.15) is 22.3 Å². The van der Waals surface area contributed by atoms with Crippen LogP contribution in [0.5, 0.6) is 5.75 Å². The van der Waals surface area contributed by atoms with Crippen molar-refractivity contribution in [3.63, 3.8) is 0 Å². The quantitative estimate of drug-likeness (QED) is 0.494. The van der Waals surface area contributed by atoms with Crippen LogP contribution in [-0.4, -0.2) is 7.11 Å². The van der Waals surface area contributed by atoms with Crippen LogP contribution in [0.15, 0.2) is 50.0 Å². The van der Waals surface area contributed by atoms with Gasteiger partial charge in [-0.05, 0) is 30.7 Å². The summed E-state index contributed by atoms with van der Waals surface area (Å²) >= 11 is 0. The summed E-state index contributed by atoms with van der Waals surface area (Å²) in [5, 5.41) is 2.02. The lowest BCUT2D eigenvalue weighted by molar-refractivity contribution is 0.414. The van der Waals surface area contributed by atoms with Gasteiger partial charge in [0, 0.05) is 11.5 Å². The van der Waals surface area contributed by atoms with E-state index in [4.69, 9.17) is 13.6 Å². The predicted octanol–water partition coefficient (Wildman–Crippen LogP) is 4.01. The average Bonchev–Trinajstić information content (AvgIpc) is 2.87. The summed E-state index contributed by atoms with van der Waals surface area (Å²) in [6, 6.07) is 11.1. The first kappa shape index (κ1) is 12.0. The second-order valence-corrected chi connectivity index (χ2v) is 5.01. The van der Waals surface area contributed by atoms with E-state index >= 15 is 0 Å². The fourth-order valence-electron chi connectivity index (χ4n) is 2.71. The number of ether oxygens (including phenoxy) is 1. The Labute approximate surface area is 119 Å². The molecule has 21 heavy (non-hydrogen) atoms. The first-order chi connectivity index (χ1) is 10.2. The molecule has 4 aromatic rings. The maximum Gasteiger partial charge on any atom is 0.348 e. The second-order valence-electron chi connectivity index (χ2n) is 5.01. The normalized spacial score (nSPS) is 11.5. The summed E-state index contributed by atoms with van der Waals surface area (Å²) in [7, 11) is 1.59. The van der Waals surface area contributed by atoms with E-state index in [0.29, 0.717) is 27.9 Å². The van der Waals surface area contributed by atoms with Crippen molar-refractivity contribution < 1.29 is 13.6 Å². The van der Waals surface area contributed by atoms with Crippen molar-refractivity contribution in [2.24, 2.45) is 0 Å². The van der Waals surface area contributed by atoms with Crippen LogP contribution in [0.3, 0.4) is 0 Å². The fraction of sp³-hybridized carbons (Fsp3) is 0.118. The molecule has 0 aliphatic carbocycles. The Morgan fingerprint density at radius 1 is 1.00 bits per heavy atom. The van der Waals surface area contributed by atoms with Crippen molar-refractivity contribution in [3.05, 3.63) is 52.4 Å². The van der Waals surface area contributed by atoms with E-state index in [-0.39, 0.29) is 5.63 Å². The molecule has 0 fully saturated rings. The first-order valence-corrected chi connectivity index (χ1v) is 6.62. The molecule has 0 saturated heterocycles. The number of methoxy groups -OCH3 is 1. The molecule has 0 N–H and O–H groups in total. The molecule has 2 heterocycles. The number of rotatable bonds is 1. The SMILES string of the molecule is COc1ccc2c(c1)oc1c3cccc(C)c3oc(=O)c21. The number of fused-ring (bicyclic) bond motifs is 5. The fourth-order valence-corrected chi connectivity index (χ4v) is 2.71. The molecule has 0 atom stereocenters. The maximum absolute atomic E-state index is 12.3. The van der Waals surface area contributed by atoms with E-state index in [9.17, 15) is 4.79 Å². The van der Waals surface area contributed by atoms with E-state index in [1.807, 2.05) is 31.2 Å². The van der Waals surface area contributed by atoms with Gasteiger partial charge in [0.15, 0.2) is 5.58 Å². The van der Waals surface area contributed by atoms with Gasteiger partial charge in [-0.25, -0.2) is 4.79 Å². The Bertz CT molecular complexity index is 1050. The summed E-state index contributed by atoms with van der Waals surface area (Å²) in [4.78, 5) is 12.3. The molecule has 2 aromatic heterocycles. The Kier molecular flexibility index (Phi) is 2.36. The third-order valence-corrected chi connectivity index (χ3v) is 3.75. The Hall–Kier alpha value is -2.75. The Balaban J connectivity index is 2.28. The van der Waals surface area contributed by atoms with Crippen molar-refractivity contribution >= 4 is 32.9 Å². The molecule has 4 rings (SSSR count). The number of hydrogen-bond acceptors (Lipinski definition) is 4. The molecule has 0 amide bonds. The number of para-hydroxylation sites is 1. The van der Waals surface area contributed by atoms with Crippen LogP contribution in [-0.2, 0) is 0 Å². The molecule has 0 aliphatic heterocycles. The topological polar surface area (TPSA) is 52.6 Å². The van der Waals surface area contributed by atoms with Crippen LogP contribution in [0.1, 0.15) is 5.56 Å². The zero-order valence-electron chi connectivity index (χ0n) is 11.6. The van der Waals surface area contributed by atoms with Gasteiger partial charge >= 0.3 is 5.63 Å². The average molecular weight is 280 g/mol. The third kappa shape index (κ3) is 1.59. The van der Waals surface area contributed by atoms with Crippen molar-refractivity contribution in [2.75, 3.05) is 7.11 Å². The van der Waals surface area contributed by atoms with E-state index in [2.05, 4.69) is 0 Å². The van der Waals surface area contributed by atoms with Gasteiger partial charge in [-0.15, -0.1) is 0 Å². The highest BCUT2D eigenvalue weighted by Crippen LogP contribution is 2.34. The molecule has 4 nitrogen and oxygen atoms in total. The number of benzene rings is 2. The van der Waals surface area contributed by atoms with Crippen molar-refractivity contribution in [3.8, 4) is 5.75 Å². The minimum atomic E-state index is -0.379. The highest BCUT2D eigenvalue weighted by Gasteiger charge is 2.17. The van der Waals surface area contributed by atoms with E-state index in [0.717, 1.165) is 16.3 Å². The molecule has 2 aromatic carbocycles. The van der Waals surface area contributed by atoms with Crippen molar-refractivity contribution in [2.45, 2.75) is 6.92 Å². The molecule has 0 radical (unpaired) electrons. The van der Waals surface area contributed by atoms with Crippen molar-refractivity contribution in [1.82, 2.24) is 0 Å². The van der Waals surface area contributed by atoms with Crippen LogP contribution < -0.4 is 10.4 Å². The summed E-state index contributed by atoms with van der Waals surface area (Å²) in [6.07, 6.45) is 0. The van der Waals surface area contributed by atoms with Gasteiger partial charge < -0.3 is 13.6 Å². The second kappa shape index (κ2) is 4.12. The van der Waals surface area contributed by atoms with Crippen molar-refractivity contribution in [1.29, 1.82) is 0 Å². The summed E-state index contributed by atoms with van der Waals surface area (Å²) < 4.78 is 16.6. The smallest absolute Gasteiger partial charge is 0.348 e. The molecule has 0 saturated carbocycles. The molecule has 0 spiro atoms. The molecule has 0 unspecified atom stereocenters. The van der Waals surface area contributed by atoms with Gasteiger partial charge in [-0.2, -0.15) is 0 Å². The van der Waals surface area contributed by atoms with Gasteiger partial charge in [0.2, 0.25) is 0 Å². The number of hydrogen-bond donors (Lipinski definition) is 0. The van der Waals surface area contributed by atoms with Gasteiger partial charge in [0.25, 0.3) is 0 Å². The van der Waals surface area contributed by atoms with Crippen LogP contribution in [0.25, 0.3) is 32.9 Å². The van der Waals surface area contributed by atoms with Gasteiger partial charge in [-0.3, -0.25) is 0 Å². The largest absolute Gasteiger partial charge is 0.497 e. The molecular weight excluding hydrogens is 268 g/mol. The summed E-state index contributed by atoms with van der Waals surface area (Å²) in [5.41, 5.74) is 2.28. The third-order valence-electron chi connectivity index (χ3n) is 3.75. The predicted molar refractivity (Wildman–Crippen MR) is 81.1 cm³/mol. The molecular formula is C17H12O4. The van der Waals surface area contributed by atoms with E-state index < -0.39 is 0 Å². The first-order valence-electron chi connectivity index (χ1n) is 6.62. The zero-order valence-corrected chi connectivity index (χ0v) is 11.6.